The van der Waals surface area contributed by atoms with Crippen molar-refractivity contribution in [3.8, 4) is 0 Å². The van der Waals surface area contributed by atoms with E-state index in [9.17, 15) is 9.18 Å². The lowest BCUT2D eigenvalue weighted by molar-refractivity contribution is 0.0915. The first-order valence-electron chi connectivity index (χ1n) is 6.49. The molecule has 2 aromatic rings. The number of thiophene rings is 1. The summed E-state index contributed by atoms with van der Waals surface area (Å²) in [6.45, 7) is 8.09. The molecule has 0 bridgehead atoms. The number of halogens is 1. The van der Waals surface area contributed by atoms with Gasteiger partial charge in [0.05, 0.1) is 11.1 Å². The zero-order chi connectivity index (χ0) is 15.1. The summed E-state index contributed by atoms with van der Waals surface area (Å²) in [5.74, 6) is -0.635. The Balaban J connectivity index is 2.37. The van der Waals surface area contributed by atoms with Crippen LogP contribution < -0.4 is 11.1 Å². The van der Waals surface area contributed by atoms with Crippen LogP contribution in [0, 0.1) is 11.2 Å². The monoisotopic (exact) mass is 294 g/mol. The van der Waals surface area contributed by atoms with Crippen molar-refractivity contribution in [2.45, 2.75) is 33.7 Å². The minimum atomic E-state index is -0.390. The second kappa shape index (κ2) is 5.05. The van der Waals surface area contributed by atoms with Crippen LogP contribution in [-0.2, 0) is 0 Å². The van der Waals surface area contributed by atoms with Crippen molar-refractivity contribution < 1.29 is 9.18 Å². The molecule has 1 unspecified atom stereocenters. The largest absolute Gasteiger partial charge is 0.397 e. The molecule has 0 aliphatic rings. The normalized spacial score (nSPS) is 13.4. The van der Waals surface area contributed by atoms with Gasteiger partial charge >= 0.3 is 0 Å². The van der Waals surface area contributed by atoms with E-state index < -0.39 is 0 Å². The van der Waals surface area contributed by atoms with Crippen LogP contribution in [0.25, 0.3) is 10.1 Å². The minimum absolute atomic E-state index is 0.00976. The average molecular weight is 294 g/mol. The minimum Gasteiger partial charge on any atom is -0.397 e. The van der Waals surface area contributed by atoms with Crippen LogP contribution in [0.1, 0.15) is 37.4 Å². The van der Waals surface area contributed by atoms with Crippen LogP contribution in [0.5, 0.6) is 0 Å². The number of hydrogen-bond acceptors (Lipinski definition) is 3. The Morgan fingerprint density at radius 2 is 2.05 bits per heavy atom. The first-order valence-corrected chi connectivity index (χ1v) is 7.31. The highest BCUT2D eigenvalue weighted by Gasteiger charge is 2.25. The Morgan fingerprint density at radius 1 is 1.40 bits per heavy atom. The van der Waals surface area contributed by atoms with E-state index in [-0.39, 0.29) is 28.9 Å². The Labute approximate surface area is 122 Å². The Hall–Kier alpha value is -1.62. The zero-order valence-corrected chi connectivity index (χ0v) is 12.9. The fourth-order valence-corrected chi connectivity index (χ4v) is 2.82. The van der Waals surface area contributed by atoms with Crippen molar-refractivity contribution in [1.82, 2.24) is 5.32 Å². The topological polar surface area (TPSA) is 55.1 Å². The average Bonchev–Trinajstić information content (AvgIpc) is 2.67. The molecule has 0 saturated carbocycles. The van der Waals surface area contributed by atoms with Gasteiger partial charge in [0, 0.05) is 10.7 Å². The van der Waals surface area contributed by atoms with Crippen molar-refractivity contribution in [3.05, 3.63) is 28.9 Å². The number of benzene rings is 1. The summed E-state index contributed by atoms with van der Waals surface area (Å²) in [4.78, 5) is 12.7. The maximum absolute atomic E-state index is 13.8. The molecule has 0 aliphatic heterocycles. The molecule has 1 aromatic heterocycles. The van der Waals surface area contributed by atoms with Crippen LogP contribution in [0.3, 0.4) is 0 Å². The van der Waals surface area contributed by atoms with Crippen molar-refractivity contribution in [2.75, 3.05) is 5.73 Å². The number of rotatable bonds is 2. The van der Waals surface area contributed by atoms with Gasteiger partial charge in [-0.15, -0.1) is 11.3 Å². The summed E-state index contributed by atoms with van der Waals surface area (Å²) >= 11 is 1.22. The van der Waals surface area contributed by atoms with E-state index >= 15 is 0 Å². The molecule has 1 atom stereocenters. The van der Waals surface area contributed by atoms with Crippen molar-refractivity contribution >= 4 is 33.0 Å². The molecule has 108 valence electrons. The van der Waals surface area contributed by atoms with E-state index in [0.717, 1.165) is 0 Å². The lowest BCUT2D eigenvalue weighted by atomic mass is 9.88. The molecule has 1 aromatic carbocycles. The highest BCUT2D eigenvalue weighted by Crippen LogP contribution is 2.35. The molecule has 2 rings (SSSR count). The maximum Gasteiger partial charge on any atom is 0.263 e. The number of amides is 1. The number of anilines is 1. The summed E-state index contributed by atoms with van der Waals surface area (Å²) in [6.07, 6.45) is 0. The summed E-state index contributed by atoms with van der Waals surface area (Å²) in [5.41, 5.74) is 6.11. The Kier molecular flexibility index (Phi) is 3.73. The van der Waals surface area contributed by atoms with E-state index in [0.29, 0.717) is 15.0 Å². The Bertz CT molecular complexity index is 658. The maximum atomic E-state index is 13.8. The number of carbonyl (C=O) groups excluding carboxylic acids is 1. The van der Waals surface area contributed by atoms with E-state index in [4.69, 9.17) is 5.73 Å². The number of fused-ring (bicyclic) bond motifs is 1. The van der Waals surface area contributed by atoms with Crippen LogP contribution in [0.4, 0.5) is 10.1 Å². The molecule has 0 saturated heterocycles. The van der Waals surface area contributed by atoms with Gasteiger partial charge < -0.3 is 11.1 Å². The Morgan fingerprint density at radius 3 is 2.60 bits per heavy atom. The third-order valence-electron chi connectivity index (χ3n) is 3.55. The van der Waals surface area contributed by atoms with Gasteiger partial charge in [0.2, 0.25) is 0 Å². The molecule has 0 radical (unpaired) electrons. The van der Waals surface area contributed by atoms with Gasteiger partial charge in [-0.1, -0.05) is 26.8 Å². The summed E-state index contributed by atoms with van der Waals surface area (Å²) in [5, 5.41) is 3.27. The number of nitrogen functional groups attached to an aromatic ring is 1. The standard InChI is InChI=1S/C15H19FN2OS/c1-8(15(2,3)4)18-14(19)13-12(17)11-9(16)6-5-7-10(11)20-13/h5-8H,17H2,1-4H3,(H,18,19). The quantitative estimate of drug-likeness (QED) is 0.885. The van der Waals surface area contributed by atoms with Gasteiger partial charge in [-0.25, -0.2) is 4.39 Å². The molecule has 3 nitrogen and oxygen atoms in total. The van der Waals surface area contributed by atoms with Gasteiger partial charge in [0.15, 0.2) is 0 Å². The molecule has 1 heterocycles. The van der Waals surface area contributed by atoms with Gasteiger partial charge in [-0.3, -0.25) is 4.79 Å². The third-order valence-corrected chi connectivity index (χ3v) is 4.72. The number of hydrogen-bond donors (Lipinski definition) is 2. The fourth-order valence-electron chi connectivity index (χ4n) is 1.78. The fraction of sp³-hybridized carbons (Fsp3) is 0.400. The van der Waals surface area contributed by atoms with Gasteiger partial charge in [-0.05, 0) is 24.5 Å². The second-order valence-corrected chi connectivity index (χ2v) is 7.07. The number of nitrogens with two attached hydrogens (primary N) is 1. The van der Waals surface area contributed by atoms with Gasteiger partial charge in [0.25, 0.3) is 5.91 Å². The summed E-state index contributed by atoms with van der Waals surface area (Å²) in [7, 11) is 0. The lowest BCUT2D eigenvalue weighted by Gasteiger charge is -2.27. The van der Waals surface area contributed by atoms with E-state index in [1.54, 1.807) is 12.1 Å². The highest BCUT2D eigenvalue weighted by atomic mass is 32.1. The molecular weight excluding hydrogens is 275 g/mol. The molecular formula is C15H19FN2OS. The molecule has 1 amide bonds. The summed E-state index contributed by atoms with van der Waals surface area (Å²) in [6, 6.07) is 4.73. The van der Waals surface area contributed by atoms with Crippen LogP contribution >= 0.6 is 11.3 Å². The van der Waals surface area contributed by atoms with Crippen molar-refractivity contribution in [2.24, 2.45) is 5.41 Å². The molecule has 0 spiro atoms. The highest BCUT2D eigenvalue weighted by molar-refractivity contribution is 7.21. The van der Waals surface area contributed by atoms with Crippen molar-refractivity contribution in [1.29, 1.82) is 0 Å². The van der Waals surface area contributed by atoms with E-state index in [2.05, 4.69) is 5.32 Å². The SMILES string of the molecule is CC(NC(=O)c1sc2cccc(F)c2c1N)C(C)(C)C. The lowest BCUT2D eigenvalue weighted by Crippen LogP contribution is -2.41. The first-order chi connectivity index (χ1) is 9.21. The second-order valence-electron chi connectivity index (χ2n) is 6.02. The van der Waals surface area contributed by atoms with Crippen LogP contribution in [0.2, 0.25) is 0 Å². The molecule has 0 fully saturated rings. The zero-order valence-electron chi connectivity index (χ0n) is 12.1. The van der Waals surface area contributed by atoms with Crippen LogP contribution in [0.15, 0.2) is 18.2 Å². The molecule has 5 heteroatoms. The number of nitrogens with one attached hydrogen (secondary N) is 1. The summed E-state index contributed by atoms with van der Waals surface area (Å²) < 4.78 is 14.5. The molecule has 3 N–H and O–H groups in total. The van der Waals surface area contributed by atoms with E-state index in [1.165, 1.54) is 17.4 Å². The van der Waals surface area contributed by atoms with Gasteiger partial charge in [0.1, 0.15) is 10.7 Å². The van der Waals surface area contributed by atoms with Crippen molar-refractivity contribution in [3.63, 3.8) is 0 Å². The van der Waals surface area contributed by atoms with Gasteiger partial charge in [-0.2, -0.15) is 0 Å². The smallest absolute Gasteiger partial charge is 0.263 e. The predicted octanol–water partition coefficient (Wildman–Crippen LogP) is 3.79. The molecule has 20 heavy (non-hydrogen) atoms. The third kappa shape index (κ3) is 2.63. The van der Waals surface area contributed by atoms with E-state index in [1.807, 2.05) is 27.7 Å². The van der Waals surface area contributed by atoms with Crippen LogP contribution in [-0.4, -0.2) is 11.9 Å². The molecule has 0 aliphatic carbocycles. The first kappa shape index (κ1) is 14.8. The predicted molar refractivity (Wildman–Crippen MR) is 82.6 cm³/mol. The number of carbonyl (C=O) groups is 1.